The van der Waals surface area contributed by atoms with Crippen molar-refractivity contribution in [3.05, 3.63) is 65.2 Å². The number of hydrogen-bond donors (Lipinski definition) is 1. The molecule has 1 fully saturated rings. The minimum absolute atomic E-state index is 0.155. The van der Waals surface area contributed by atoms with Crippen LogP contribution in [0.2, 0.25) is 0 Å². The van der Waals surface area contributed by atoms with Crippen LogP contribution in [0, 0.1) is 0 Å². The first-order chi connectivity index (χ1) is 12.3. The smallest absolute Gasteiger partial charge is 0.0824 e. The quantitative estimate of drug-likeness (QED) is 0.826. The van der Waals surface area contributed by atoms with Crippen molar-refractivity contribution < 1.29 is 4.74 Å². The maximum atomic E-state index is 5.82. The fourth-order valence-electron chi connectivity index (χ4n) is 3.67. The van der Waals surface area contributed by atoms with Crippen LogP contribution in [0.4, 0.5) is 5.69 Å². The molecule has 0 aliphatic carbocycles. The summed E-state index contributed by atoms with van der Waals surface area (Å²) in [5.74, 6) is 0. The van der Waals surface area contributed by atoms with Crippen molar-refractivity contribution in [2.45, 2.75) is 32.3 Å². The van der Waals surface area contributed by atoms with Crippen LogP contribution in [-0.2, 0) is 17.6 Å². The van der Waals surface area contributed by atoms with Gasteiger partial charge in [-0.3, -0.25) is 0 Å². The van der Waals surface area contributed by atoms with E-state index >= 15 is 0 Å². The van der Waals surface area contributed by atoms with E-state index in [0.717, 1.165) is 45.4 Å². The lowest BCUT2D eigenvalue weighted by Crippen LogP contribution is -2.43. The van der Waals surface area contributed by atoms with Crippen LogP contribution >= 0.6 is 0 Å². The van der Waals surface area contributed by atoms with Crippen LogP contribution in [0.25, 0.3) is 0 Å². The minimum atomic E-state index is 0.155. The SMILES string of the molecule is CCc1cc(C(CCc2ccccc2)OC)ccc1N1CCNCC1. The van der Waals surface area contributed by atoms with Gasteiger partial charge in [-0.1, -0.05) is 49.4 Å². The largest absolute Gasteiger partial charge is 0.377 e. The molecule has 1 N–H and O–H groups in total. The third-order valence-electron chi connectivity index (χ3n) is 5.14. The summed E-state index contributed by atoms with van der Waals surface area (Å²) in [6.45, 7) is 6.57. The highest BCUT2D eigenvalue weighted by molar-refractivity contribution is 5.56. The molecule has 3 rings (SSSR count). The van der Waals surface area contributed by atoms with Gasteiger partial charge < -0.3 is 15.0 Å². The summed E-state index contributed by atoms with van der Waals surface area (Å²) in [6.07, 6.45) is 3.27. The predicted octanol–water partition coefficient (Wildman–Crippen LogP) is 3.98. The van der Waals surface area contributed by atoms with E-state index in [-0.39, 0.29) is 6.10 Å². The van der Waals surface area contributed by atoms with Gasteiger partial charge in [0.05, 0.1) is 6.10 Å². The molecule has 1 heterocycles. The molecule has 1 unspecified atom stereocenters. The molecule has 25 heavy (non-hydrogen) atoms. The van der Waals surface area contributed by atoms with Crippen LogP contribution in [-0.4, -0.2) is 33.3 Å². The minimum Gasteiger partial charge on any atom is -0.377 e. The lowest BCUT2D eigenvalue weighted by molar-refractivity contribution is 0.0959. The first kappa shape index (κ1) is 18.0. The van der Waals surface area contributed by atoms with Crippen molar-refractivity contribution >= 4 is 5.69 Å². The lowest BCUT2D eigenvalue weighted by Gasteiger charge is -2.31. The molecule has 0 bridgehead atoms. The average molecular weight is 338 g/mol. The summed E-state index contributed by atoms with van der Waals surface area (Å²) in [5, 5.41) is 3.43. The van der Waals surface area contributed by atoms with E-state index in [0.29, 0.717) is 0 Å². The summed E-state index contributed by atoms with van der Waals surface area (Å²) < 4.78 is 5.82. The van der Waals surface area contributed by atoms with Crippen LogP contribution in [0.1, 0.15) is 36.1 Å². The van der Waals surface area contributed by atoms with Gasteiger partial charge in [-0.15, -0.1) is 0 Å². The topological polar surface area (TPSA) is 24.5 Å². The second kappa shape index (κ2) is 9.02. The van der Waals surface area contributed by atoms with Gasteiger partial charge in [0.25, 0.3) is 0 Å². The van der Waals surface area contributed by atoms with Crippen LogP contribution in [0.5, 0.6) is 0 Å². The van der Waals surface area contributed by atoms with Crippen molar-refractivity contribution in [1.82, 2.24) is 5.32 Å². The fourth-order valence-corrected chi connectivity index (χ4v) is 3.67. The number of hydrogen-bond acceptors (Lipinski definition) is 3. The Labute approximate surface area is 152 Å². The van der Waals surface area contributed by atoms with Gasteiger partial charge in [0, 0.05) is 39.0 Å². The third-order valence-corrected chi connectivity index (χ3v) is 5.14. The number of nitrogens with one attached hydrogen (secondary N) is 1. The number of aryl methyl sites for hydroxylation is 2. The zero-order valence-electron chi connectivity index (χ0n) is 15.5. The van der Waals surface area contributed by atoms with Gasteiger partial charge in [-0.2, -0.15) is 0 Å². The molecule has 0 saturated carbocycles. The number of rotatable bonds is 7. The summed E-state index contributed by atoms with van der Waals surface area (Å²) in [6, 6.07) is 17.6. The molecule has 0 spiro atoms. The Balaban J connectivity index is 1.73. The Morgan fingerprint density at radius 3 is 2.52 bits per heavy atom. The number of nitrogens with zero attached hydrogens (tertiary/aromatic N) is 1. The number of benzene rings is 2. The molecule has 2 aromatic rings. The van der Waals surface area contributed by atoms with Gasteiger partial charge in [-0.25, -0.2) is 0 Å². The second-order valence-corrected chi connectivity index (χ2v) is 6.73. The molecular weight excluding hydrogens is 308 g/mol. The maximum absolute atomic E-state index is 5.82. The van der Waals surface area contributed by atoms with Crippen LogP contribution in [0.3, 0.4) is 0 Å². The molecule has 134 valence electrons. The summed E-state index contributed by atoms with van der Waals surface area (Å²) in [4.78, 5) is 2.50. The van der Waals surface area contributed by atoms with E-state index in [1.54, 1.807) is 0 Å². The molecule has 0 amide bonds. The molecule has 1 saturated heterocycles. The monoisotopic (exact) mass is 338 g/mol. The van der Waals surface area contributed by atoms with Gasteiger partial charge in [0.1, 0.15) is 0 Å². The highest BCUT2D eigenvalue weighted by atomic mass is 16.5. The third kappa shape index (κ3) is 4.62. The van der Waals surface area contributed by atoms with Crippen LogP contribution in [0.15, 0.2) is 48.5 Å². The molecule has 1 atom stereocenters. The molecule has 1 aliphatic rings. The number of piperazine rings is 1. The molecule has 0 radical (unpaired) electrons. The molecule has 3 nitrogen and oxygen atoms in total. The lowest BCUT2D eigenvalue weighted by atomic mass is 9.97. The van der Waals surface area contributed by atoms with E-state index in [2.05, 4.69) is 65.7 Å². The van der Waals surface area contributed by atoms with Gasteiger partial charge >= 0.3 is 0 Å². The summed E-state index contributed by atoms with van der Waals surface area (Å²) >= 11 is 0. The predicted molar refractivity (Wildman–Crippen MR) is 105 cm³/mol. The standard InChI is InChI=1S/C22H30N2O/c1-3-19-17-20(10-11-21(19)24-15-13-23-14-16-24)22(25-2)12-9-18-7-5-4-6-8-18/h4-8,10-11,17,22-23H,3,9,12-16H2,1-2H3. The van der Waals surface area contributed by atoms with E-state index in [1.165, 1.54) is 22.4 Å². The Morgan fingerprint density at radius 2 is 1.84 bits per heavy atom. The van der Waals surface area contributed by atoms with Crippen molar-refractivity contribution in [3.8, 4) is 0 Å². The molecule has 3 heteroatoms. The second-order valence-electron chi connectivity index (χ2n) is 6.73. The first-order valence-electron chi connectivity index (χ1n) is 9.47. The van der Waals surface area contributed by atoms with Gasteiger partial charge in [0.15, 0.2) is 0 Å². The highest BCUT2D eigenvalue weighted by Gasteiger charge is 2.17. The zero-order valence-corrected chi connectivity index (χ0v) is 15.5. The van der Waals surface area contributed by atoms with Gasteiger partial charge in [0.2, 0.25) is 0 Å². The van der Waals surface area contributed by atoms with Crippen molar-refractivity contribution in [2.24, 2.45) is 0 Å². The van der Waals surface area contributed by atoms with E-state index in [1.807, 2.05) is 7.11 Å². The van der Waals surface area contributed by atoms with Gasteiger partial charge in [-0.05, 0) is 42.0 Å². The van der Waals surface area contributed by atoms with E-state index in [4.69, 9.17) is 4.74 Å². The van der Waals surface area contributed by atoms with E-state index in [9.17, 15) is 0 Å². The number of ether oxygens (including phenoxy) is 1. The Morgan fingerprint density at radius 1 is 1.08 bits per heavy atom. The average Bonchev–Trinajstić information content (AvgIpc) is 2.69. The molecular formula is C22H30N2O. The fraction of sp³-hybridized carbons (Fsp3) is 0.455. The molecule has 2 aromatic carbocycles. The zero-order chi connectivity index (χ0) is 17.5. The highest BCUT2D eigenvalue weighted by Crippen LogP contribution is 2.29. The Bertz CT molecular complexity index is 650. The Hall–Kier alpha value is -1.84. The number of methoxy groups -OCH3 is 1. The van der Waals surface area contributed by atoms with Crippen molar-refractivity contribution in [1.29, 1.82) is 0 Å². The summed E-state index contributed by atoms with van der Waals surface area (Å²) in [7, 11) is 1.82. The normalized spacial score (nSPS) is 16.0. The van der Waals surface area contributed by atoms with Crippen molar-refractivity contribution in [2.75, 3.05) is 38.2 Å². The number of anilines is 1. The first-order valence-corrected chi connectivity index (χ1v) is 9.47. The maximum Gasteiger partial charge on any atom is 0.0824 e. The Kier molecular flexibility index (Phi) is 6.48. The van der Waals surface area contributed by atoms with E-state index < -0.39 is 0 Å². The van der Waals surface area contributed by atoms with Crippen molar-refractivity contribution in [3.63, 3.8) is 0 Å². The molecule has 1 aliphatic heterocycles. The van der Waals surface area contributed by atoms with Crippen LogP contribution < -0.4 is 10.2 Å². The summed E-state index contributed by atoms with van der Waals surface area (Å²) in [5.41, 5.74) is 5.50. The molecule has 0 aromatic heterocycles.